The van der Waals surface area contributed by atoms with Gasteiger partial charge in [-0.15, -0.1) is 0 Å². The van der Waals surface area contributed by atoms with Crippen molar-refractivity contribution >= 4 is 16.0 Å². The first-order valence-electron chi connectivity index (χ1n) is 5.78. The molecule has 0 aliphatic carbocycles. The summed E-state index contributed by atoms with van der Waals surface area (Å²) in [6.45, 7) is 6.68. The minimum Gasteiger partial charge on any atom is -0.370 e. The fraction of sp³-hybridized carbons (Fsp3) is 0.900. The lowest BCUT2D eigenvalue weighted by Crippen LogP contribution is -2.53. The molecule has 0 saturated carbocycles. The predicted octanol–water partition coefficient (Wildman–Crippen LogP) is -0.562. The average molecular weight is 262 g/mol. The molecule has 3 N–H and O–H groups in total. The number of nitrogens with one attached hydrogen (secondary N) is 1. The Hall–Kier alpha value is -0.820. The molecule has 1 fully saturated rings. The van der Waals surface area contributed by atoms with Gasteiger partial charge in [-0.1, -0.05) is 13.8 Å². The van der Waals surface area contributed by atoms with Crippen LogP contribution in [0, 0.1) is 11.8 Å². The second-order valence-corrected chi connectivity index (χ2v) is 6.93. The second kappa shape index (κ2) is 5.68. The number of sulfonamides is 1. The van der Waals surface area contributed by atoms with Gasteiger partial charge in [0.15, 0.2) is 5.96 Å². The summed E-state index contributed by atoms with van der Waals surface area (Å²) in [5, 5.41) is 3.02. The van der Waals surface area contributed by atoms with E-state index in [0.717, 1.165) is 0 Å². The van der Waals surface area contributed by atoms with Crippen molar-refractivity contribution in [3.63, 3.8) is 0 Å². The van der Waals surface area contributed by atoms with Gasteiger partial charge in [0.05, 0.1) is 6.26 Å². The molecule has 7 heteroatoms. The van der Waals surface area contributed by atoms with E-state index in [1.165, 1.54) is 10.6 Å². The molecular formula is C10H22N4O2S. The fourth-order valence-electron chi connectivity index (χ4n) is 1.51. The van der Waals surface area contributed by atoms with E-state index in [4.69, 9.17) is 5.73 Å². The van der Waals surface area contributed by atoms with Gasteiger partial charge in [0.1, 0.15) is 0 Å². The molecule has 1 aliphatic rings. The van der Waals surface area contributed by atoms with Crippen molar-refractivity contribution in [2.75, 3.05) is 32.4 Å². The van der Waals surface area contributed by atoms with Gasteiger partial charge in [0, 0.05) is 32.1 Å². The van der Waals surface area contributed by atoms with Gasteiger partial charge in [-0.2, -0.15) is 0 Å². The van der Waals surface area contributed by atoms with Crippen molar-refractivity contribution in [1.82, 2.24) is 9.62 Å². The number of nitrogens with two attached hydrogens (primary N) is 1. The van der Waals surface area contributed by atoms with E-state index in [2.05, 4.69) is 24.2 Å². The van der Waals surface area contributed by atoms with Gasteiger partial charge in [-0.05, 0) is 5.92 Å². The van der Waals surface area contributed by atoms with Crippen LogP contribution in [0.15, 0.2) is 4.99 Å². The maximum absolute atomic E-state index is 11.1. The first-order chi connectivity index (χ1) is 7.79. The van der Waals surface area contributed by atoms with Gasteiger partial charge in [-0.3, -0.25) is 4.99 Å². The number of aliphatic imine (C=N–C) groups is 1. The molecular weight excluding hydrogens is 240 g/mol. The van der Waals surface area contributed by atoms with Crippen molar-refractivity contribution in [2.45, 2.75) is 13.8 Å². The summed E-state index contributed by atoms with van der Waals surface area (Å²) < 4.78 is 23.7. The van der Waals surface area contributed by atoms with Gasteiger partial charge in [-0.25, -0.2) is 12.7 Å². The molecule has 0 radical (unpaired) electrons. The average Bonchev–Trinajstić information content (AvgIpc) is 2.09. The van der Waals surface area contributed by atoms with E-state index < -0.39 is 10.0 Å². The van der Waals surface area contributed by atoms with Crippen LogP contribution < -0.4 is 11.1 Å². The largest absolute Gasteiger partial charge is 0.370 e. The van der Waals surface area contributed by atoms with Gasteiger partial charge < -0.3 is 11.1 Å². The summed E-state index contributed by atoms with van der Waals surface area (Å²) in [5.74, 6) is 1.26. The van der Waals surface area contributed by atoms with E-state index in [0.29, 0.717) is 44.0 Å². The van der Waals surface area contributed by atoms with Crippen molar-refractivity contribution in [3.8, 4) is 0 Å². The highest BCUT2D eigenvalue weighted by Crippen LogP contribution is 2.17. The molecule has 1 heterocycles. The number of hydrogen-bond donors (Lipinski definition) is 2. The highest BCUT2D eigenvalue weighted by Gasteiger charge is 2.32. The number of guanidine groups is 1. The topological polar surface area (TPSA) is 87.8 Å². The zero-order valence-corrected chi connectivity index (χ0v) is 11.5. The van der Waals surface area contributed by atoms with Crippen LogP contribution in [-0.4, -0.2) is 51.1 Å². The third-order valence-electron chi connectivity index (χ3n) is 2.59. The first kappa shape index (κ1) is 14.2. The molecule has 1 rings (SSSR count). The third-order valence-corrected chi connectivity index (χ3v) is 3.83. The van der Waals surface area contributed by atoms with Crippen molar-refractivity contribution in [3.05, 3.63) is 0 Å². The quantitative estimate of drug-likeness (QED) is 0.513. The highest BCUT2D eigenvalue weighted by molar-refractivity contribution is 7.88. The van der Waals surface area contributed by atoms with Gasteiger partial charge in [0.25, 0.3) is 0 Å². The molecule has 1 aliphatic heterocycles. The van der Waals surface area contributed by atoms with Crippen molar-refractivity contribution < 1.29 is 8.42 Å². The lowest BCUT2D eigenvalue weighted by molar-refractivity contribution is 0.203. The maximum atomic E-state index is 11.1. The molecule has 0 unspecified atom stereocenters. The molecule has 0 aromatic carbocycles. The van der Waals surface area contributed by atoms with Crippen molar-refractivity contribution in [2.24, 2.45) is 22.6 Å². The van der Waals surface area contributed by atoms with Crippen LogP contribution in [0.3, 0.4) is 0 Å². The summed E-state index contributed by atoms with van der Waals surface area (Å²) in [6, 6.07) is 0. The Bertz CT molecular complexity index is 372. The summed E-state index contributed by atoms with van der Waals surface area (Å²) in [6.07, 6.45) is 1.23. The Morgan fingerprint density at radius 2 is 2.12 bits per heavy atom. The van der Waals surface area contributed by atoms with Crippen LogP contribution in [0.2, 0.25) is 0 Å². The molecule has 0 bridgehead atoms. The summed E-state index contributed by atoms with van der Waals surface area (Å²) in [4.78, 5) is 4.17. The lowest BCUT2D eigenvalue weighted by atomic mass is 10.0. The summed E-state index contributed by atoms with van der Waals surface area (Å²) in [7, 11) is -3.01. The molecule has 17 heavy (non-hydrogen) atoms. The molecule has 1 saturated heterocycles. The smallest absolute Gasteiger partial charge is 0.211 e. The molecule has 0 aromatic rings. The number of nitrogens with zero attached hydrogens (tertiary/aromatic N) is 2. The van der Waals surface area contributed by atoms with Crippen LogP contribution >= 0.6 is 0 Å². The molecule has 0 amide bonds. The predicted molar refractivity (Wildman–Crippen MR) is 69.2 cm³/mol. The number of hydrogen-bond acceptors (Lipinski definition) is 3. The normalized spacial score (nSPS) is 19.4. The van der Waals surface area contributed by atoms with Crippen LogP contribution in [0.25, 0.3) is 0 Å². The number of rotatable bonds is 5. The Labute approximate surface area is 103 Å². The van der Waals surface area contributed by atoms with E-state index in [9.17, 15) is 8.42 Å². The summed E-state index contributed by atoms with van der Waals surface area (Å²) in [5.41, 5.74) is 5.68. The Morgan fingerprint density at radius 1 is 1.53 bits per heavy atom. The molecule has 6 nitrogen and oxygen atoms in total. The zero-order chi connectivity index (χ0) is 13.1. The van der Waals surface area contributed by atoms with Crippen LogP contribution in [-0.2, 0) is 10.0 Å². The van der Waals surface area contributed by atoms with E-state index in [-0.39, 0.29) is 0 Å². The summed E-state index contributed by atoms with van der Waals surface area (Å²) >= 11 is 0. The van der Waals surface area contributed by atoms with E-state index in [1.807, 2.05) is 0 Å². The minimum atomic E-state index is -3.01. The standard InChI is InChI=1S/C10H22N4O2S/c1-8(2)4-12-10(11)13-5-9-6-14(7-9)17(3,15)16/h8-9H,4-7H2,1-3H3,(H3,11,12,13). The Balaban J connectivity index is 2.20. The molecule has 0 aromatic heterocycles. The molecule has 0 atom stereocenters. The van der Waals surface area contributed by atoms with Crippen LogP contribution in [0.4, 0.5) is 0 Å². The van der Waals surface area contributed by atoms with Crippen molar-refractivity contribution in [1.29, 1.82) is 0 Å². The Morgan fingerprint density at radius 3 is 2.59 bits per heavy atom. The minimum absolute atomic E-state index is 0.331. The third kappa shape index (κ3) is 4.91. The molecule has 100 valence electrons. The first-order valence-corrected chi connectivity index (χ1v) is 7.62. The second-order valence-electron chi connectivity index (χ2n) is 4.95. The SMILES string of the molecule is CC(C)CN=C(N)NCC1CN(S(C)(=O)=O)C1. The lowest BCUT2D eigenvalue weighted by Gasteiger charge is -2.37. The van der Waals surface area contributed by atoms with E-state index >= 15 is 0 Å². The van der Waals surface area contributed by atoms with Gasteiger partial charge in [0.2, 0.25) is 10.0 Å². The van der Waals surface area contributed by atoms with E-state index in [1.54, 1.807) is 0 Å². The highest BCUT2D eigenvalue weighted by atomic mass is 32.2. The van der Waals surface area contributed by atoms with Crippen LogP contribution in [0.1, 0.15) is 13.8 Å². The fourth-order valence-corrected chi connectivity index (χ4v) is 2.47. The Kier molecular flexibility index (Phi) is 4.76. The molecule has 0 spiro atoms. The maximum Gasteiger partial charge on any atom is 0.211 e. The monoisotopic (exact) mass is 262 g/mol. The van der Waals surface area contributed by atoms with Crippen LogP contribution in [0.5, 0.6) is 0 Å². The van der Waals surface area contributed by atoms with Gasteiger partial charge >= 0.3 is 0 Å². The zero-order valence-electron chi connectivity index (χ0n) is 10.7.